The zero-order valence-electron chi connectivity index (χ0n) is 4.06. The van der Waals surface area contributed by atoms with Gasteiger partial charge in [0.15, 0.2) is 0 Å². The van der Waals surface area contributed by atoms with E-state index in [0.717, 1.165) is 6.61 Å². The van der Waals surface area contributed by atoms with Crippen LogP contribution in [0, 0.1) is 0 Å². The van der Waals surface area contributed by atoms with Gasteiger partial charge < -0.3 is 4.74 Å². The topological polar surface area (TPSA) is 9.23 Å². The van der Waals surface area contributed by atoms with Crippen molar-refractivity contribution in [3.63, 3.8) is 0 Å². The molecule has 1 atom stereocenters. The molecule has 0 N–H and O–H groups in total. The summed E-state index contributed by atoms with van der Waals surface area (Å²) in [5, 5.41) is 2.09. The molecule has 1 unspecified atom stereocenters. The zero-order chi connectivity index (χ0) is 5.11. The Morgan fingerprint density at radius 1 is 1.71 bits per heavy atom. The third-order valence-corrected chi connectivity index (χ3v) is 1.91. The molecule has 1 radical (unpaired) electrons. The predicted molar refractivity (Wildman–Crippen MR) is 38.7 cm³/mol. The second-order valence-electron chi connectivity index (χ2n) is 1.68. The molecule has 7 heavy (non-hydrogen) atoms. The van der Waals surface area contributed by atoms with E-state index >= 15 is 0 Å². The van der Waals surface area contributed by atoms with Crippen molar-refractivity contribution in [2.24, 2.45) is 0 Å². The number of hydrogen-bond donors (Lipinski definition) is 0. The van der Waals surface area contributed by atoms with Crippen molar-refractivity contribution in [3.05, 3.63) is 0 Å². The van der Waals surface area contributed by atoms with Gasteiger partial charge in [-0.1, -0.05) is 0 Å². The van der Waals surface area contributed by atoms with E-state index in [2.05, 4.69) is 27.5 Å². The van der Waals surface area contributed by atoms with E-state index in [4.69, 9.17) is 4.74 Å². The molecule has 1 nitrogen and oxygen atoms in total. The number of halogens is 1. The SMILES string of the molecule is I[B]C1CCCO1. The first kappa shape index (κ1) is 5.88. The summed E-state index contributed by atoms with van der Waals surface area (Å²) in [6.45, 7) is 0.962. The highest BCUT2D eigenvalue weighted by Gasteiger charge is 2.13. The van der Waals surface area contributed by atoms with E-state index in [1.54, 1.807) is 0 Å². The summed E-state index contributed by atoms with van der Waals surface area (Å²) in [6.07, 6.45) is 2.47. The Morgan fingerprint density at radius 3 is 2.86 bits per heavy atom. The van der Waals surface area contributed by atoms with Crippen LogP contribution in [0.1, 0.15) is 12.8 Å². The molecule has 0 spiro atoms. The Morgan fingerprint density at radius 2 is 2.57 bits per heavy atom. The largest absolute Gasteiger partial charge is 0.386 e. The average Bonchev–Trinajstić information content (AvgIpc) is 2.14. The summed E-state index contributed by atoms with van der Waals surface area (Å²) < 4.78 is 5.24. The quantitative estimate of drug-likeness (QED) is 0.465. The minimum atomic E-state index is 0.459. The molecule has 0 saturated carbocycles. The fraction of sp³-hybridized carbons (Fsp3) is 1.00. The van der Waals surface area contributed by atoms with Gasteiger partial charge in [-0.2, -0.15) is 22.4 Å². The number of rotatable bonds is 1. The Labute approximate surface area is 57.9 Å². The molecular formula is C4H7BIO. The summed E-state index contributed by atoms with van der Waals surface area (Å²) in [7, 11) is 0. The summed E-state index contributed by atoms with van der Waals surface area (Å²) in [5.74, 6) is 0. The number of hydrogen-bond acceptors (Lipinski definition) is 1. The van der Waals surface area contributed by atoms with Crippen molar-refractivity contribution < 1.29 is 4.74 Å². The summed E-state index contributed by atoms with van der Waals surface area (Å²) in [5.41, 5.74) is 0. The molecule has 1 heterocycles. The molecule has 0 amide bonds. The number of ether oxygens (including phenoxy) is 1. The highest BCUT2D eigenvalue weighted by atomic mass is 127. The normalized spacial score (nSPS) is 30.7. The summed E-state index contributed by atoms with van der Waals surface area (Å²) in [6, 6.07) is 0.459. The van der Waals surface area contributed by atoms with Crippen LogP contribution >= 0.6 is 22.4 Å². The van der Waals surface area contributed by atoms with E-state index < -0.39 is 0 Å². The highest BCUT2D eigenvalue weighted by molar-refractivity contribution is 14.1. The van der Waals surface area contributed by atoms with Crippen LogP contribution in [0.15, 0.2) is 0 Å². The van der Waals surface area contributed by atoms with E-state index in [1.807, 2.05) is 0 Å². The Kier molecular flexibility index (Phi) is 2.45. The van der Waals surface area contributed by atoms with Gasteiger partial charge in [-0.25, -0.2) is 0 Å². The van der Waals surface area contributed by atoms with Crippen molar-refractivity contribution in [1.82, 2.24) is 0 Å². The Bertz CT molecular complexity index is 53.7. The maximum atomic E-state index is 5.24. The van der Waals surface area contributed by atoms with Crippen LogP contribution in [0.3, 0.4) is 0 Å². The van der Waals surface area contributed by atoms with Gasteiger partial charge >= 0.3 is 0 Å². The van der Waals surface area contributed by atoms with Gasteiger partial charge in [0.1, 0.15) is 0 Å². The van der Waals surface area contributed by atoms with Crippen LogP contribution in [0.5, 0.6) is 0 Å². The molecular weight excluding hydrogens is 202 g/mol. The molecule has 0 aromatic carbocycles. The lowest BCUT2D eigenvalue weighted by Gasteiger charge is -1.98. The van der Waals surface area contributed by atoms with E-state index in [1.165, 1.54) is 12.8 Å². The molecule has 39 valence electrons. The van der Waals surface area contributed by atoms with Crippen molar-refractivity contribution in [2.45, 2.75) is 18.8 Å². The van der Waals surface area contributed by atoms with Crippen LogP contribution < -0.4 is 0 Å². The highest BCUT2D eigenvalue weighted by Crippen LogP contribution is 2.11. The van der Waals surface area contributed by atoms with Gasteiger partial charge in [-0.15, -0.1) is 0 Å². The minimum Gasteiger partial charge on any atom is -0.386 e. The molecule has 0 aromatic heterocycles. The molecule has 1 aliphatic rings. The third kappa shape index (κ3) is 1.60. The lowest BCUT2D eigenvalue weighted by Crippen LogP contribution is -2.08. The maximum Gasteiger partial charge on any atom is 0.236 e. The van der Waals surface area contributed by atoms with Gasteiger partial charge in [-0.3, -0.25) is 0 Å². The fourth-order valence-electron chi connectivity index (χ4n) is 0.702. The molecule has 1 aliphatic heterocycles. The Balaban J connectivity index is 2.14. The molecule has 0 bridgehead atoms. The van der Waals surface area contributed by atoms with Gasteiger partial charge in [-0.05, 0) is 12.8 Å². The second-order valence-corrected chi connectivity index (χ2v) is 2.40. The molecule has 0 aromatic rings. The van der Waals surface area contributed by atoms with Crippen LogP contribution in [0.25, 0.3) is 0 Å². The predicted octanol–water partition coefficient (Wildman–Crippen LogP) is 1.18. The van der Waals surface area contributed by atoms with Gasteiger partial charge in [0.2, 0.25) is 5.14 Å². The monoisotopic (exact) mass is 209 g/mol. The first-order valence-corrected chi connectivity index (χ1v) is 3.73. The first-order chi connectivity index (χ1) is 3.43. The molecule has 1 rings (SSSR count). The average molecular weight is 209 g/mol. The smallest absolute Gasteiger partial charge is 0.236 e. The molecule has 3 heteroatoms. The second kappa shape index (κ2) is 2.92. The molecule has 1 saturated heterocycles. The van der Waals surface area contributed by atoms with Crippen molar-refractivity contribution in [3.8, 4) is 0 Å². The van der Waals surface area contributed by atoms with Gasteiger partial charge in [0.25, 0.3) is 0 Å². The lowest BCUT2D eigenvalue weighted by molar-refractivity contribution is 0.168. The summed E-state index contributed by atoms with van der Waals surface area (Å²) in [4.78, 5) is 0. The fourth-order valence-corrected chi connectivity index (χ4v) is 1.27. The van der Waals surface area contributed by atoms with E-state index in [-0.39, 0.29) is 0 Å². The Hall–Kier alpha value is 0.755. The standard InChI is InChI=1S/C4H7BIO/c6-5-4-2-1-3-7-4/h4H,1-3H2. The zero-order valence-corrected chi connectivity index (χ0v) is 6.22. The summed E-state index contributed by atoms with van der Waals surface area (Å²) >= 11 is 2.24. The van der Waals surface area contributed by atoms with Crippen LogP contribution in [-0.2, 0) is 4.74 Å². The van der Waals surface area contributed by atoms with Crippen LogP contribution in [0.2, 0.25) is 0 Å². The van der Waals surface area contributed by atoms with Gasteiger partial charge in [0.05, 0.1) is 0 Å². The van der Waals surface area contributed by atoms with Gasteiger partial charge in [0, 0.05) is 12.6 Å². The van der Waals surface area contributed by atoms with Crippen LogP contribution in [0.4, 0.5) is 0 Å². The van der Waals surface area contributed by atoms with Crippen LogP contribution in [-0.4, -0.2) is 17.7 Å². The third-order valence-electron chi connectivity index (χ3n) is 1.11. The minimum absolute atomic E-state index is 0.459. The first-order valence-electron chi connectivity index (χ1n) is 2.48. The molecule has 0 aliphatic carbocycles. The van der Waals surface area contributed by atoms with E-state index in [9.17, 15) is 0 Å². The van der Waals surface area contributed by atoms with Crippen molar-refractivity contribution in [2.75, 3.05) is 6.61 Å². The van der Waals surface area contributed by atoms with Crippen molar-refractivity contribution >= 4 is 27.5 Å². The molecule has 1 fully saturated rings. The lowest BCUT2D eigenvalue weighted by atomic mass is 9.97. The maximum absolute atomic E-state index is 5.24. The van der Waals surface area contributed by atoms with Crippen molar-refractivity contribution in [1.29, 1.82) is 0 Å². The van der Waals surface area contributed by atoms with E-state index in [0.29, 0.717) is 6.00 Å².